The molecule has 0 unspecified atom stereocenters. The van der Waals surface area contributed by atoms with Gasteiger partial charge in [-0.15, -0.1) is 0 Å². The number of nitrogen functional groups attached to an aromatic ring is 1. The van der Waals surface area contributed by atoms with Gasteiger partial charge in [-0.25, -0.2) is 8.42 Å². The molecule has 1 aromatic rings. The normalized spacial score (nSPS) is 19.0. The standard InChI is InChI=1S/C8H13N5O3S/c1-16-8-11-6(9)10-7(12-8)13-2-4-17(14,15)5-3-13/h2-5H2,1H3,(H2,9,10,11,12). The largest absolute Gasteiger partial charge is 0.467 e. The third kappa shape index (κ3) is 2.73. The number of hydrogen-bond acceptors (Lipinski definition) is 8. The Hall–Kier alpha value is -1.64. The van der Waals surface area contributed by atoms with Gasteiger partial charge >= 0.3 is 6.01 Å². The average Bonchev–Trinajstić information content (AvgIpc) is 2.28. The van der Waals surface area contributed by atoms with E-state index in [0.717, 1.165) is 0 Å². The number of aromatic nitrogens is 3. The van der Waals surface area contributed by atoms with Gasteiger partial charge in [0, 0.05) is 13.1 Å². The van der Waals surface area contributed by atoms with Crippen LogP contribution >= 0.6 is 0 Å². The van der Waals surface area contributed by atoms with E-state index in [1.54, 1.807) is 4.90 Å². The molecule has 2 rings (SSSR count). The van der Waals surface area contributed by atoms with Crippen molar-refractivity contribution in [3.05, 3.63) is 0 Å². The van der Waals surface area contributed by atoms with Crippen molar-refractivity contribution in [3.63, 3.8) is 0 Å². The minimum atomic E-state index is -2.92. The summed E-state index contributed by atoms with van der Waals surface area (Å²) in [6.07, 6.45) is 0. The van der Waals surface area contributed by atoms with Crippen LogP contribution in [0, 0.1) is 0 Å². The lowest BCUT2D eigenvalue weighted by atomic mass is 10.5. The summed E-state index contributed by atoms with van der Waals surface area (Å²) in [5, 5.41) is 0. The minimum absolute atomic E-state index is 0.0558. The molecular formula is C8H13N5O3S. The number of anilines is 2. The Morgan fingerprint density at radius 1 is 1.24 bits per heavy atom. The van der Waals surface area contributed by atoms with Crippen LogP contribution in [0.5, 0.6) is 6.01 Å². The van der Waals surface area contributed by atoms with E-state index in [0.29, 0.717) is 19.0 Å². The first-order chi connectivity index (χ1) is 8.00. The second-order valence-corrected chi connectivity index (χ2v) is 5.92. The molecule has 1 saturated heterocycles. The Balaban J connectivity index is 2.21. The predicted octanol–water partition coefficient (Wildman–Crippen LogP) is -1.30. The fourth-order valence-electron chi connectivity index (χ4n) is 1.51. The van der Waals surface area contributed by atoms with Gasteiger partial charge in [0.15, 0.2) is 9.84 Å². The molecule has 0 amide bonds. The highest BCUT2D eigenvalue weighted by atomic mass is 32.2. The van der Waals surface area contributed by atoms with E-state index in [1.807, 2.05) is 0 Å². The van der Waals surface area contributed by atoms with E-state index >= 15 is 0 Å². The second kappa shape index (κ2) is 4.32. The molecule has 0 aliphatic carbocycles. The van der Waals surface area contributed by atoms with Gasteiger partial charge in [-0.2, -0.15) is 15.0 Å². The van der Waals surface area contributed by atoms with E-state index in [4.69, 9.17) is 10.5 Å². The molecule has 0 radical (unpaired) electrons. The van der Waals surface area contributed by atoms with Gasteiger partial charge in [0.25, 0.3) is 0 Å². The second-order valence-electron chi connectivity index (χ2n) is 3.62. The Morgan fingerprint density at radius 2 is 1.88 bits per heavy atom. The topological polar surface area (TPSA) is 111 Å². The third-order valence-electron chi connectivity index (χ3n) is 2.43. The predicted molar refractivity (Wildman–Crippen MR) is 61.7 cm³/mol. The highest BCUT2D eigenvalue weighted by molar-refractivity contribution is 7.91. The van der Waals surface area contributed by atoms with Gasteiger partial charge in [-0.3, -0.25) is 0 Å². The Bertz CT molecular complexity index is 504. The van der Waals surface area contributed by atoms with E-state index in [2.05, 4.69) is 15.0 Å². The van der Waals surface area contributed by atoms with Crippen LogP contribution in [0.1, 0.15) is 0 Å². The van der Waals surface area contributed by atoms with Crippen molar-refractivity contribution in [1.82, 2.24) is 15.0 Å². The number of nitrogens with two attached hydrogens (primary N) is 1. The van der Waals surface area contributed by atoms with E-state index in [-0.39, 0.29) is 23.5 Å². The molecule has 0 bridgehead atoms. The number of methoxy groups -OCH3 is 1. The molecule has 8 nitrogen and oxygen atoms in total. The first-order valence-electron chi connectivity index (χ1n) is 5.01. The number of nitrogens with zero attached hydrogens (tertiary/aromatic N) is 4. The first-order valence-corrected chi connectivity index (χ1v) is 6.83. The third-order valence-corrected chi connectivity index (χ3v) is 4.04. The Kier molecular flexibility index (Phi) is 3.01. The van der Waals surface area contributed by atoms with Gasteiger partial charge in [0.1, 0.15) is 0 Å². The molecule has 0 saturated carbocycles. The molecule has 1 fully saturated rings. The van der Waals surface area contributed by atoms with Crippen molar-refractivity contribution in [1.29, 1.82) is 0 Å². The monoisotopic (exact) mass is 259 g/mol. The van der Waals surface area contributed by atoms with Crippen molar-refractivity contribution in [2.75, 3.05) is 42.3 Å². The highest BCUT2D eigenvalue weighted by Gasteiger charge is 2.24. The number of hydrogen-bond donors (Lipinski definition) is 1. The lowest BCUT2D eigenvalue weighted by Crippen LogP contribution is -2.41. The maximum absolute atomic E-state index is 11.3. The van der Waals surface area contributed by atoms with Crippen LogP contribution in [0.15, 0.2) is 0 Å². The summed E-state index contributed by atoms with van der Waals surface area (Å²) in [4.78, 5) is 13.5. The lowest BCUT2D eigenvalue weighted by molar-refractivity contribution is 0.379. The SMILES string of the molecule is COc1nc(N)nc(N2CCS(=O)(=O)CC2)n1. The summed E-state index contributed by atoms with van der Waals surface area (Å²) >= 11 is 0. The smallest absolute Gasteiger partial charge is 0.322 e. The van der Waals surface area contributed by atoms with Crippen LogP contribution < -0.4 is 15.4 Å². The van der Waals surface area contributed by atoms with E-state index in [1.165, 1.54) is 7.11 Å². The van der Waals surface area contributed by atoms with Crippen molar-refractivity contribution < 1.29 is 13.2 Å². The molecule has 94 valence electrons. The zero-order valence-electron chi connectivity index (χ0n) is 9.33. The Labute approximate surface area is 98.7 Å². The van der Waals surface area contributed by atoms with Gasteiger partial charge < -0.3 is 15.4 Å². The first kappa shape index (κ1) is 11.8. The number of ether oxygens (including phenoxy) is 1. The van der Waals surface area contributed by atoms with Gasteiger partial charge in [0.2, 0.25) is 11.9 Å². The Morgan fingerprint density at radius 3 is 2.47 bits per heavy atom. The fourth-order valence-corrected chi connectivity index (χ4v) is 2.71. The van der Waals surface area contributed by atoms with Crippen LogP contribution in [0.3, 0.4) is 0 Å². The number of sulfone groups is 1. The van der Waals surface area contributed by atoms with Gasteiger partial charge in [-0.05, 0) is 0 Å². The maximum Gasteiger partial charge on any atom is 0.322 e. The zero-order chi connectivity index (χ0) is 12.5. The average molecular weight is 259 g/mol. The molecule has 1 aliphatic rings. The summed E-state index contributed by atoms with van der Waals surface area (Å²) in [6, 6.07) is 0.126. The summed E-state index contributed by atoms with van der Waals surface area (Å²) in [5.41, 5.74) is 5.51. The van der Waals surface area contributed by atoms with Crippen molar-refractivity contribution in [3.8, 4) is 6.01 Å². The lowest BCUT2D eigenvalue weighted by Gasteiger charge is -2.26. The van der Waals surface area contributed by atoms with E-state index in [9.17, 15) is 8.42 Å². The van der Waals surface area contributed by atoms with Gasteiger partial charge in [-0.1, -0.05) is 0 Å². The summed E-state index contributed by atoms with van der Waals surface area (Å²) in [5.74, 6) is 0.603. The summed E-state index contributed by atoms with van der Waals surface area (Å²) < 4.78 is 27.5. The van der Waals surface area contributed by atoms with E-state index < -0.39 is 9.84 Å². The molecule has 2 N–H and O–H groups in total. The van der Waals surface area contributed by atoms with Crippen LogP contribution in [0.2, 0.25) is 0 Å². The van der Waals surface area contributed by atoms with Crippen molar-refractivity contribution >= 4 is 21.7 Å². The molecule has 1 aliphatic heterocycles. The van der Waals surface area contributed by atoms with Gasteiger partial charge in [0.05, 0.1) is 18.6 Å². The fraction of sp³-hybridized carbons (Fsp3) is 0.625. The number of rotatable bonds is 2. The molecule has 17 heavy (non-hydrogen) atoms. The molecule has 9 heteroatoms. The highest BCUT2D eigenvalue weighted by Crippen LogP contribution is 2.15. The molecule has 0 spiro atoms. The summed E-state index contributed by atoms with van der Waals surface area (Å²) in [6.45, 7) is 0.712. The quantitative estimate of drug-likeness (QED) is 0.697. The zero-order valence-corrected chi connectivity index (χ0v) is 10.1. The van der Waals surface area contributed by atoms with Crippen LogP contribution in [-0.2, 0) is 9.84 Å². The van der Waals surface area contributed by atoms with Crippen molar-refractivity contribution in [2.45, 2.75) is 0 Å². The minimum Gasteiger partial charge on any atom is -0.467 e. The molecule has 2 heterocycles. The van der Waals surface area contributed by atoms with Crippen LogP contribution in [-0.4, -0.2) is 55.1 Å². The van der Waals surface area contributed by atoms with Crippen molar-refractivity contribution in [2.24, 2.45) is 0 Å². The molecule has 0 aromatic carbocycles. The van der Waals surface area contributed by atoms with Crippen LogP contribution in [0.25, 0.3) is 0 Å². The molecular weight excluding hydrogens is 246 g/mol. The molecule has 0 atom stereocenters. The summed E-state index contributed by atoms with van der Waals surface area (Å²) in [7, 11) is -1.50. The molecule has 1 aromatic heterocycles. The maximum atomic E-state index is 11.3. The van der Waals surface area contributed by atoms with Crippen LogP contribution in [0.4, 0.5) is 11.9 Å².